The van der Waals surface area contributed by atoms with Crippen LogP contribution in [0, 0.1) is 0 Å². The van der Waals surface area contributed by atoms with Gasteiger partial charge in [0.25, 0.3) is 0 Å². The summed E-state index contributed by atoms with van der Waals surface area (Å²) in [6.45, 7) is 0.980. The van der Waals surface area contributed by atoms with E-state index in [1.54, 1.807) is 7.11 Å². The molecule has 2 aromatic carbocycles. The molecule has 2 heterocycles. The lowest BCUT2D eigenvalue weighted by Crippen LogP contribution is -2.07. The highest BCUT2D eigenvalue weighted by Gasteiger charge is 2.20. The lowest BCUT2D eigenvalue weighted by Gasteiger charge is -2.09. The molecule has 4 nitrogen and oxygen atoms in total. The molecule has 0 amide bonds. The summed E-state index contributed by atoms with van der Waals surface area (Å²) < 4.78 is 7.28. The number of anilines is 1. The Morgan fingerprint density at radius 3 is 2.58 bits per heavy atom. The molecule has 0 aliphatic carbocycles. The topological polar surface area (TPSA) is 39.1 Å². The van der Waals surface area contributed by atoms with Crippen LogP contribution in [0.2, 0.25) is 5.02 Å². The second-order valence-electron chi connectivity index (χ2n) is 6.57. The highest BCUT2D eigenvalue weighted by Crippen LogP contribution is 2.30. The number of halogens is 1. The molecule has 1 N–H and O–H groups in total. The highest BCUT2D eigenvalue weighted by molar-refractivity contribution is 6.30. The molecule has 134 valence electrons. The van der Waals surface area contributed by atoms with Gasteiger partial charge in [-0.1, -0.05) is 23.7 Å². The molecule has 26 heavy (non-hydrogen) atoms. The molecule has 0 spiro atoms. The van der Waals surface area contributed by atoms with Crippen LogP contribution in [0.1, 0.15) is 29.7 Å². The van der Waals surface area contributed by atoms with Gasteiger partial charge in [0.05, 0.1) is 18.5 Å². The molecule has 5 heteroatoms. The number of hydrogen-bond donors (Lipinski definition) is 1. The smallest absolute Gasteiger partial charge is 0.133 e. The maximum Gasteiger partial charge on any atom is 0.133 e. The molecular weight excluding hydrogens is 346 g/mol. The molecule has 4 rings (SSSR count). The second-order valence-corrected chi connectivity index (χ2v) is 7.01. The Morgan fingerprint density at radius 2 is 1.85 bits per heavy atom. The van der Waals surface area contributed by atoms with Crippen molar-refractivity contribution in [2.24, 2.45) is 0 Å². The largest absolute Gasteiger partial charge is 0.497 e. The van der Waals surface area contributed by atoms with Crippen molar-refractivity contribution in [3.05, 3.63) is 70.4 Å². The number of nitrogens with one attached hydrogen (secondary N) is 1. The predicted octanol–water partition coefficient (Wildman–Crippen LogP) is 4.87. The van der Waals surface area contributed by atoms with E-state index in [-0.39, 0.29) is 0 Å². The van der Waals surface area contributed by atoms with Crippen LogP contribution in [0.15, 0.2) is 48.5 Å². The van der Waals surface area contributed by atoms with Crippen molar-refractivity contribution in [2.45, 2.75) is 25.7 Å². The van der Waals surface area contributed by atoms with E-state index in [2.05, 4.69) is 17.4 Å². The minimum Gasteiger partial charge on any atom is -0.497 e. The fraction of sp³-hybridized carbons (Fsp3) is 0.286. The van der Waals surface area contributed by atoms with Gasteiger partial charge in [0.1, 0.15) is 11.6 Å². The van der Waals surface area contributed by atoms with Crippen LogP contribution in [-0.4, -0.2) is 23.4 Å². The second kappa shape index (κ2) is 7.42. The van der Waals surface area contributed by atoms with Gasteiger partial charge in [0.2, 0.25) is 0 Å². The maximum atomic E-state index is 6.05. The first-order chi connectivity index (χ1) is 12.7. The van der Waals surface area contributed by atoms with Crippen molar-refractivity contribution in [1.29, 1.82) is 0 Å². The van der Waals surface area contributed by atoms with E-state index < -0.39 is 0 Å². The zero-order valence-electron chi connectivity index (χ0n) is 14.8. The molecule has 0 fully saturated rings. The van der Waals surface area contributed by atoms with E-state index in [0.717, 1.165) is 47.4 Å². The van der Waals surface area contributed by atoms with Gasteiger partial charge in [-0.05, 0) is 61.2 Å². The molecule has 1 aliphatic heterocycles. The van der Waals surface area contributed by atoms with Crippen LogP contribution in [0.3, 0.4) is 0 Å². The Bertz CT molecular complexity index is 885. The van der Waals surface area contributed by atoms with Gasteiger partial charge in [-0.2, -0.15) is 5.10 Å². The zero-order valence-corrected chi connectivity index (χ0v) is 15.6. The summed E-state index contributed by atoms with van der Waals surface area (Å²) in [4.78, 5) is 0. The highest BCUT2D eigenvalue weighted by atomic mass is 35.5. The van der Waals surface area contributed by atoms with Gasteiger partial charge in [0.15, 0.2) is 0 Å². The van der Waals surface area contributed by atoms with E-state index in [0.29, 0.717) is 0 Å². The zero-order chi connectivity index (χ0) is 17.9. The van der Waals surface area contributed by atoms with Crippen molar-refractivity contribution in [3.63, 3.8) is 0 Å². The molecule has 0 saturated carbocycles. The van der Waals surface area contributed by atoms with Gasteiger partial charge < -0.3 is 10.1 Å². The van der Waals surface area contributed by atoms with Crippen LogP contribution in [0.25, 0.3) is 5.69 Å². The van der Waals surface area contributed by atoms with E-state index >= 15 is 0 Å². The number of fused-ring (bicyclic) bond motifs is 1. The summed E-state index contributed by atoms with van der Waals surface area (Å²) in [5.74, 6) is 1.99. The van der Waals surface area contributed by atoms with Crippen LogP contribution in [0.5, 0.6) is 5.75 Å². The molecule has 0 unspecified atom stereocenters. The molecule has 1 aromatic heterocycles. The molecule has 0 saturated heterocycles. The first-order valence-electron chi connectivity index (χ1n) is 8.98. The average Bonchev–Trinajstić information content (AvgIpc) is 2.84. The van der Waals surface area contributed by atoms with Crippen molar-refractivity contribution < 1.29 is 4.74 Å². The number of hydrogen-bond acceptors (Lipinski definition) is 3. The quantitative estimate of drug-likeness (QED) is 0.714. The third kappa shape index (κ3) is 3.42. The fourth-order valence-electron chi connectivity index (χ4n) is 3.42. The first kappa shape index (κ1) is 17.0. The van der Waals surface area contributed by atoms with E-state index in [9.17, 15) is 0 Å². The van der Waals surface area contributed by atoms with Crippen LogP contribution in [0.4, 0.5) is 5.82 Å². The van der Waals surface area contributed by atoms with E-state index in [1.165, 1.54) is 24.0 Å². The van der Waals surface area contributed by atoms with Crippen molar-refractivity contribution in [1.82, 2.24) is 9.78 Å². The lowest BCUT2D eigenvalue weighted by atomic mass is 10.0. The molecule has 0 bridgehead atoms. The van der Waals surface area contributed by atoms with Crippen LogP contribution < -0.4 is 10.1 Å². The Hall–Kier alpha value is -2.46. The third-order valence-corrected chi connectivity index (χ3v) is 5.07. The van der Waals surface area contributed by atoms with Crippen LogP contribution >= 0.6 is 11.6 Å². The number of ether oxygens (including phenoxy) is 1. The number of rotatable bonds is 4. The predicted molar refractivity (Wildman–Crippen MR) is 106 cm³/mol. The number of aromatic nitrogens is 2. The Morgan fingerprint density at radius 1 is 1.08 bits per heavy atom. The number of methoxy groups -OCH3 is 1. The molecule has 0 atom stereocenters. The maximum absolute atomic E-state index is 6.05. The SMILES string of the molecule is COc1ccc(Cc2nn(-c3ccc(Cl)cc3)c3c2CCCCN3)cc1. The van der Waals surface area contributed by atoms with Gasteiger partial charge in [-0.3, -0.25) is 0 Å². The molecular formula is C21H22ClN3O. The average molecular weight is 368 g/mol. The van der Waals surface area contributed by atoms with Gasteiger partial charge in [-0.15, -0.1) is 0 Å². The summed E-state index contributed by atoms with van der Waals surface area (Å²) in [7, 11) is 1.69. The summed E-state index contributed by atoms with van der Waals surface area (Å²) in [6, 6.07) is 16.1. The normalized spacial score (nSPS) is 13.6. The molecule has 1 aliphatic rings. The number of benzene rings is 2. The molecule has 3 aromatic rings. The Kier molecular flexibility index (Phi) is 4.85. The standard InChI is InChI=1S/C21H22ClN3O/c1-26-18-11-5-15(6-12-18)14-20-19-4-2-3-13-23-21(19)25(24-20)17-9-7-16(22)8-10-17/h5-12,23H,2-4,13-14H2,1H3. The Balaban J connectivity index is 1.72. The van der Waals surface area contributed by atoms with Gasteiger partial charge in [0, 0.05) is 23.6 Å². The van der Waals surface area contributed by atoms with Crippen molar-refractivity contribution in [2.75, 3.05) is 19.0 Å². The summed E-state index contributed by atoms with van der Waals surface area (Å²) in [5.41, 5.74) is 4.72. The fourth-order valence-corrected chi connectivity index (χ4v) is 3.55. The summed E-state index contributed by atoms with van der Waals surface area (Å²) in [6.07, 6.45) is 4.23. The lowest BCUT2D eigenvalue weighted by molar-refractivity contribution is 0.414. The van der Waals surface area contributed by atoms with Crippen LogP contribution in [-0.2, 0) is 12.8 Å². The molecule has 0 radical (unpaired) electrons. The van der Waals surface area contributed by atoms with E-state index in [4.69, 9.17) is 21.4 Å². The Labute approximate surface area is 158 Å². The minimum atomic E-state index is 0.735. The van der Waals surface area contributed by atoms with Gasteiger partial charge in [-0.25, -0.2) is 4.68 Å². The minimum absolute atomic E-state index is 0.735. The monoisotopic (exact) mass is 367 g/mol. The van der Waals surface area contributed by atoms with E-state index in [1.807, 2.05) is 41.1 Å². The van der Waals surface area contributed by atoms with Gasteiger partial charge >= 0.3 is 0 Å². The first-order valence-corrected chi connectivity index (χ1v) is 9.36. The third-order valence-electron chi connectivity index (χ3n) is 4.81. The summed E-state index contributed by atoms with van der Waals surface area (Å²) in [5, 5.41) is 9.26. The van der Waals surface area contributed by atoms with Crippen molar-refractivity contribution in [3.8, 4) is 11.4 Å². The van der Waals surface area contributed by atoms with Crippen molar-refractivity contribution >= 4 is 17.4 Å². The summed E-state index contributed by atoms with van der Waals surface area (Å²) >= 11 is 6.05. The number of nitrogens with zero attached hydrogens (tertiary/aromatic N) is 2.